The van der Waals surface area contributed by atoms with E-state index in [4.69, 9.17) is 0 Å². The first-order chi connectivity index (χ1) is 11.9. The van der Waals surface area contributed by atoms with E-state index in [0.29, 0.717) is 19.6 Å². The van der Waals surface area contributed by atoms with Crippen LogP contribution < -0.4 is 4.90 Å². The fraction of sp³-hybridized carbons (Fsp3) is 0.500. The standard InChI is InChI=1S/C16H20N6O2S/c1-10-14(25-11(2)18-10)15(23)20-7-13(8-20)22-9-12(6-17-22)21-5-4-19(3)16(21)24/h6,9,13H,4-5,7-8H2,1-3H3. The van der Waals surface area contributed by atoms with Crippen molar-refractivity contribution in [1.29, 1.82) is 0 Å². The topological polar surface area (TPSA) is 74.6 Å². The molecule has 0 bridgehead atoms. The van der Waals surface area contributed by atoms with Gasteiger partial charge in [0.15, 0.2) is 0 Å². The Morgan fingerprint density at radius 3 is 2.64 bits per heavy atom. The molecule has 2 aliphatic rings. The van der Waals surface area contributed by atoms with Gasteiger partial charge in [0.05, 0.1) is 28.6 Å². The Morgan fingerprint density at radius 2 is 2.04 bits per heavy atom. The van der Waals surface area contributed by atoms with E-state index >= 15 is 0 Å². The number of aryl methyl sites for hydroxylation is 2. The maximum Gasteiger partial charge on any atom is 0.324 e. The molecule has 4 rings (SSSR count). The zero-order valence-corrected chi connectivity index (χ0v) is 15.3. The minimum Gasteiger partial charge on any atom is -0.333 e. The number of carbonyl (C=O) groups excluding carboxylic acids is 2. The third-order valence-corrected chi connectivity index (χ3v) is 5.80. The zero-order chi connectivity index (χ0) is 17.7. The highest BCUT2D eigenvalue weighted by Crippen LogP contribution is 2.28. The molecular weight excluding hydrogens is 340 g/mol. The number of aromatic nitrogens is 3. The van der Waals surface area contributed by atoms with E-state index in [1.165, 1.54) is 11.3 Å². The molecule has 0 aromatic carbocycles. The molecule has 2 aromatic rings. The van der Waals surface area contributed by atoms with Gasteiger partial charge in [-0.05, 0) is 13.8 Å². The second-order valence-corrected chi connectivity index (χ2v) is 7.75. The van der Waals surface area contributed by atoms with Gasteiger partial charge in [0.2, 0.25) is 0 Å². The molecule has 0 aliphatic carbocycles. The summed E-state index contributed by atoms with van der Waals surface area (Å²) < 4.78 is 1.86. The average molecular weight is 360 g/mol. The van der Waals surface area contributed by atoms with E-state index in [1.54, 1.807) is 23.0 Å². The molecule has 2 aliphatic heterocycles. The third kappa shape index (κ3) is 2.68. The van der Waals surface area contributed by atoms with Gasteiger partial charge in [-0.15, -0.1) is 11.3 Å². The second-order valence-electron chi connectivity index (χ2n) is 6.55. The van der Waals surface area contributed by atoms with Crippen LogP contribution in [0.25, 0.3) is 0 Å². The Morgan fingerprint density at radius 1 is 1.28 bits per heavy atom. The van der Waals surface area contributed by atoms with Gasteiger partial charge in [0.1, 0.15) is 4.88 Å². The highest BCUT2D eigenvalue weighted by atomic mass is 32.1. The summed E-state index contributed by atoms with van der Waals surface area (Å²) in [5.74, 6) is 0.0445. The monoisotopic (exact) mass is 360 g/mol. The van der Waals surface area contributed by atoms with Crippen molar-refractivity contribution in [2.45, 2.75) is 19.9 Å². The first-order valence-electron chi connectivity index (χ1n) is 8.24. The molecule has 0 unspecified atom stereocenters. The van der Waals surface area contributed by atoms with Crippen LogP contribution in [-0.4, -0.2) is 69.7 Å². The van der Waals surface area contributed by atoms with Crippen molar-refractivity contribution in [1.82, 2.24) is 24.6 Å². The van der Waals surface area contributed by atoms with Gasteiger partial charge in [-0.25, -0.2) is 9.78 Å². The molecule has 0 N–H and O–H groups in total. The van der Waals surface area contributed by atoms with Crippen LogP contribution in [-0.2, 0) is 0 Å². The van der Waals surface area contributed by atoms with Crippen molar-refractivity contribution in [2.75, 3.05) is 38.1 Å². The molecule has 8 nitrogen and oxygen atoms in total. The molecule has 0 radical (unpaired) electrons. The fourth-order valence-corrected chi connectivity index (χ4v) is 4.10. The lowest BCUT2D eigenvalue weighted by molar-refractivity contribution is 0.0505. The van der Waals surface area contributed by atoms with E-state index in [1.807, 2.05) is 29.6 Å². The Labute approximate surface area is 149 Å². The van der Waals surface area contributed by atoms with Gasteiger partial charge in [-0.3, -0.25) is 14.4 Å². The molecule has 132 valence electrons. The maximum absolute atomic E-state index is 12.5. The summed E-state index contributed by atoms with van der Waals surface area (Å²) in [5.41, 5.74) is 1.61. The van der Waals surface area contributed by atoms with Gasteiger partial charge in [0, 0.05) is 39.4 Å². The largest absolute Gasteiger partial charge is 0.333 e. The number of likely N-dealkylation sites (tertiary alicyclic amines) is 1. The number of hydrogen-bond donors (Lipinski definition) is 0. The molecular formula is C16H20N6O2S. The van der Waals surface area contributed by atoms with E-state index in [0.717, 1.165) is 27.8 Å². The van der Waals surface area contributed by atoms with Crippen LogP contribution in [0.4, 0.5) is 10.5 Å². The zero-order valence-electron chi connectivity index (χ0n) is 14.5. The predicted octanol–water partition coefficient (Wildman–Crippen LogP) is 1.53. The molecule has 0 atom stereocenters. The summed E-state index contributed by atoms with van der Waals surface area (Å²) in [7, 11) is 1.80. The van der Waals surface area contributed by atoms with Crippen LogP contribution in [0.5, 0.6) is 0 Å². The van der Waals surface area contributed by atoms with Crippen LogP contribution in [0.3, 0.4) is 0 Å². The number of nitrogens with zero attached hydrogens (tertiary/aromatic N) is 6. The average Bonchev–Trinajstić information content (AvgIpc) is 3.19. The Balaban J connectivity index is 1.40. The fourth-order valence-electron chi connectivity index (χ4n) is 3.22. The summed E-state index contributed by atoms with van der Waals surface area (Å²) in [4.78, 5) is 34.9. The van der Waals surface area contributed by atoms with Crippen molar-refractivity contribution in [2.24, 2.45) is 0 Å². The van der Waals surface area contributed by atoms with Crippen LogP contribution >= 0.6 is 11.3 Å². The van der Waals surface area contributed by atoms with E-state index in [-0.39, 0.29) is 18.0 Å². The molecule has 25 heavy (non-hydrogen) atoms. The van der Waals surface area contributed by atoms with Crippen molar-refractivity contribution in [3.63, 3.8) is 0 Å². The van der Waals surface area contributed by atoms with Gasteiger partial charge in [-0.1, -0.05) is 0 Å². The number of amides is 3. The molecule has 0 saturated carbocycles. The van der Waals surface area contributed by atoms with Crippen LogP contribution in [0.2, 0.25) is 0 Å². The highest BCUT2D eigenvalue weighted by Gasteiger charge is 2.35. The predicted molar refractivity (Wildman–Crippen MR) is 94.1 cm³/mol. The minimum absolute atomic E-state index is 0.000930. The Bertz CT molecular complexity index is 838. The summed E-state index contributed by atoms with van der Waals surface area (Å²) in [6.45, 7) is 6.45. The van der Waals surface area contributed by atoms with Gasteiger partial charge in [-0.2, -0.15) is 5.10 Å². The number of rotatable bonds is 3. The van der Waals surface area contributed by atoms with Gasteiger partial charge >= 0.3 is 6.03 Å². The minimum atomic E-state index is 0.000930. The maximum atomic E-state index is 12.5. The first kappa shape index (κ1) is 16.1. The molecule has 2 saturated heterocycles. The second kappa shape index (κ2) is 5.83. The number of thiazole rings is 1. The number of urea groups is 1. The molecule has 0 spiro atoms. The number of anilines is 1. The van der Waals surface area contributed by atoms with E-state index in [9.17, 15) is 9.59 Å². The molecule has 9 heteroatoms. The summed E-state index contributed by atoms with van der Waals surface area (Å²) in [6.07, 6.45) is 3.61. The van der Waals surface area contributed by atoms with Crippen LogP contribution in [0, 0.1) is 13.8 Å². The van der Waals surface area contributed by atoms with E-state index in [2.05, 4.69) is 10.1 Å². The van der Waals surface area contributed by atoms with Crippen molar-refractivity contribution < 1.29 is 9.59 Å². The van der Waals surface area contributed by atoms with Crippen molar-refractivity contribution in [3.8, 4) is 0 Å². The SMILES string of the molecule is Cc1nc(C)c(C(=O)N2CC(n3cc(N4CCN(C)C4=O)cn3)C2)s1. The molecule has 4 heterocycles. The summed E-state index contributed by atoms with van der Waals surface area (Å²) in [5, 5.41) is 5.30. The van der Waals surface area contributed by atoms with Crippen molar-refractivity contribution in [3.05, 3.63) is 28.0 Å². The van der Waals surface area contributed by atoms with Gasteiger partial charge in [0.25, 0.3) is 5.91 Å². The van der Waals surface area contributed by atoms with E-state index < -0.39 is 0 Å². The Kier molecular flexibility index (Phi) is 3.75. The molecule has 3 amide bonds. The lowest BCUT2D eigenvalue weighted by atomic mass is 10.1. The summed E-state index contributed by atoms with van der Waals surface area (Å²) >= 11 is 1.44. The quantitative estimate of drug-likeness (QED) is 0.832. The highest BCUT2D eigenvalue weighted by molar-refractivity contribution is 7.13. The molecule has 2 aromatic heterocycles. The van der Waals surface area contributed by atoms with Gasteiger partial charge < -0.3 is 9.80 Å². The number of likely N-dealkylation sites (N-methyl/N-ethyl adjacent to an activating group) is 1. The van der Waals surface area contributed by atoms with Crippen LogP contribution in [0.15, 0.2) is 12.4 Å². The normalized spacial score (nSPS) is 18.2. The third-order valence-electron chi connectivity index (χ3n) is 4.74. The smallest absolute Gasteiger partial charge is 0.324 e. The number of hydrogen-bond acceptors (Lipinski definition) is 5. The lowest BCUT2D eigenvalue weighted by Crippen LogP contribution is -2.50. The molecule has 2 fully saturated rings. The number of carbonyl (C=O) groups is 2. The Hall–Kier alpha value is -2.42. The first-order valence-corrected chi connectivity index (χ1v) is 9.06. The van der Waals surface area contributed by atoms with Crippen LogP contribution in [0.1, 0.15) is 26.4 Å². The lowest BCUT2D eigenvalue weighted by Gasteiger charge is -2.39. The van der Waals surface area contributed by atoms with Crippen molar-refractivity contribution >= 4 is 29.0 Å². The summed E-state index contributed by atoms with van der Waals surface area (Å²) in [6, 6.07) is 0.156.